The van der Waals surface area contributed by atoms with Gasteiger partial charge in [-0.05, 0) is 108 Å². The van der Waals surface area contributed by atoms with E-state index >= 15 is 0 Å². The Hall–Kier alpha value is -6.04. The monoisotopic (exact) mass is 1040 g/mol. The summed E-state index contributed by atoms with van der Waals surface area (Å²) >= 11 is 2.06. The quantitative estimate of drug-likeness (QED) is 0.0115. The van der Waals surface area contributed by atoms with Gasteiger partial charge in [0.1, 0.15) is 0 Å². The molecule has 0 saturated carbocycles. The molecule has 5 rings (SSSR count). The Kier molecular flexibility index (Phi) is 26.2. The van der Waals surface area contributed by atoms with Gasteiger partial charge in [-0.1, -0.05) is 212 Å². The summed E-state index contributed by atoms with van der Waals surface area (Å²) in [6.07, 6.45) is 23.3. The van der Waals surface area contributed by atoms with E-state index in [1.54, 1.807) is 48.5 Å². The third kappa shape index (κ3) is 19.3. The van der Waals surface area contributed by atoms with E-state index in [0.717, 1.165) is 73.2 Å². The molecule has 0 bridgehead atoms. The number of hydrogen-bond donors (Lipinski definition) is 0. The minimum Gasteiger partial charge on any atom is -0.449 e. The van der Waals surface area contributed by atoms with Crippen molar-refractivity contribution in [1.29, 1.82) is 0 Å². The molecule has 0 N–H and O–H groups in total. The molecule has 0 radical (unpaired) electrons. The topological polar surface area (TPSA) is 184 Å². The lowest BCUT2D eigenvalue weighted by Crippen LogP contribution is -2.34. The van der Waals surface area contributed by atoms with Crippen LogP contribution in [0.5, 0.6) is 0 Å². The lowest BCUT2D eigenvalue weighted by atomic mass is 9.81. The van der Waals surface area contributed by atoms with E-state index in [1.165, 1.54) is 117 Å². The number of ether oxygens (including phenoxy) is 2. The number of unbranched alkanes of at least 4 members (excludes halogenated alkanes) is 18. The molecule has 0 amide bonds. The van der Waals surface area contributed by atoms with Crippen LogP contribution in [-0.4, -0.2) is 34.4 Å². The molecule has 2 unspecified atom stereocenters. The van der Waals surface area contributed by atoms with E-state index in [4.69, 9.17) is 9.47 Å². The van der Waals surface area contributed by atoms with Crippen molar-refractivity contribution in [3.05, 3.63) is 163 Å². The van der Waals surface area contributed by atoms with Crippen LogP contribution < -0.4 is 0 Å². The van der Waals surface area contributed by atoms with Gasteiger partial charge in [-0.15, -0.1) is 0 Å². The number of benzene rings is 4. The summed E-state index contributed by atoms with van der Waals surface area (Å²) in [5.41, 5.74) is 24.4. The lowest BCUT2D eigenvalue weighted by molar-refractivity contribution is -0.109. The predicted molar refractivity (Wildman–Crippen MR) is 300 cm³/mol. The molecule has 4 aromatic rings. The highest BCUT2D eigenvalue weighted by atomic mass is 32.2. The highest BCUT2D eigenvalue weighted by molar-refractivity contribution is 8.13. The molecule has 0 saturated heterocycles. The van der Waals surface area contributed by atoms with Gasteiger partial charge in [0.2, 0.25) is 0 Å². The van der Waals surface area contributed by atoms with Crippen LogP contribution >= 0.6 is 23.5 Å². The minimum absolute atomic E-state index is 0.0561. The highest BCUT2D eigenvalue weighted by Gasteiger charge is 2.42. The second kappa shape index (κ2) is 33.0. The Morgan fingerprint density at radius 3 is 1.03 bits per heavy atom. The SMILES string of the molecule is CCCCCCCCCCCCc1ccc(C2=C(N=[N+]=[N-])C(OC(=O)c3ccc(SC(C)=O)cc3)C(c3ccc(CCCCCCCCCCCC)cc3)=C(N=[N+]=[N-])C2OC(=O)c2ccc(SC(C)=O)cc2)cc1. The largest absolute Gasteiger partial charge is 0.449 e. The van der Waals surface area contributed by atoms with Crippen LogP contribution in [0.2, 0.25) is 0 Å². The number of carbonyl (C=O) groups excluding carboxylic acids is 4. The zero-order chi connectivity index (χ0) is 52.9. The van der Waals surface area contributed by atoms with Gasteiger partial charge in [-0.2, -0.15) is 0 Å². The number of hydrogen-bond acceptors (Lipinski definition) is 10. The molecule has 74 heavy (non-hydrogen) atoms. The van der Waals surface area contributed by atoms with E-state index in [0.29, 0.717) is 20.9 Å². The second-order valence-corrected chi connectivity index (χ2v) is 21.5. The summed E-state index contributed by atoms with van der Waals surface area (Å²) in [6.45, 7) is 7.39. The summed E-state index contributed by atoms with van der Waals surface area (Å²) in [5, 5.41) is 8.26. The van der Waals surface area contributed by atoms with Crippen LogP contribution in [0.25, 0.3) is 32.0 Å². The zero-order valence-electron chi connectivity index (χ0n) is 43.9. The number of azide groups is 2. The molecule has 392 valence electrons. The Labute approximate surface area is 447 Å². The fourth-order valence-electron chi connectivity index (χ4n) is 9.30. The predicted octanol–water partition coefficient (Wildman–Crippen LogP) is 18.1. The first-order chi connectivity index (χ1) is 36.1. The molecule has 1 aliphatic rings. The van der Waals surface area contributed by atoms with E-state index in [2.05, 4.69) is 33.9 Å². The van der Waals surface area contributed by atoms with Crippen molar-refractivity contribution in [2.24, 2.45) is 10.2 Å². The summed E-state index contributed by atoms with van der Waals surface area (Å²) in [7, 11) is 0. The van der Waals surface area contributed by atoms with Gasteiger partial charge in [0.25, 0.3) is 0 Å². The molecule has 0 spiro atoms. The Morgan fingerprint density at radius 2 is 0.743 bits per heavy atom. The fourth-order valence-corrected chi connectivity index (χ4v) is 10.5. The first kappa shape index (κ1) is 58.8. The van der Waals surface area contributed by atoms with Crippen LogP contribution in [0.3, 0.4) is 0 Å². The Bertz CT molecular complexity index is 2420. The third-order valence-corrected chi connectivity index (χ3v) is 14.8. The van der Waals surface area contributed by atoms with E-state index < -0.39 is 24.1 Å². The van der Waals surface area contributed by atoms with Crippen LogP contribution in [0, 0.1) is 0 Å². The van der Waals surface area contributed by atoms with Crippen molar-refractivity contribution < 1.29 is 28.7 Å². The number of rotatable bonds is 32. The molecule has 14 heteroatoms. The van der Waals surface area contributed by atoms with Crippen molar-refractivity contribution in [3.8, 4) is 0 Å². The van der Waals surface area contributed by atoms with Crippen LogP contribution in [0.4, 0.5) is 0 Å². The minimum atomic E-state index is -1.45. The number of carbonyl (C=O) groups is 4. The van der Waals surface area contributed by atoms with Crippen molar-refractivity contribution in [1.82, 2.24) is 0 Å². The average molecular weight is 1040 g/mol. The van der Waals surface area contributed by atoms with Gasteiger partial charge in [0.15, 0.2) is 22.4 Å². The first-order valence-corrected chi connectivity index (χ1v) is 28.5. The maximum Gasteiger partial charge on any atom is 0.339 e. The number of thioether (sulfide) groups is 2. The second-order valence-electron chi connectivity index (χ2n) is 19.0. The molecule has 0 aliphatic heterocycles. The highest BCUT2D eigenvalue weighted by Crippen LogP contribution is 2.46. The van der Waals surface area contributed by atoms with Gasteiger partial charge in [-0.3, -0.25) is 9.59 Å². The first-order valence-electron chi connectivity index (χ1n) is 26.8. The number of nitrogens with zero attached hydrogens (tertiary/aromatic N) is 6. The molecule has 0 fully saturated rings. The normalized spacial score (nSPS) is 14.3. The standard InChI is InChI=1S/C60H74N6O6S2/c1-5-7-9-11-13-15-17-19-21-23-25-45-27-31-47(32-28-45)53-55(63-65-61)58(72-60(70)50-37-41-52(42-38-50)74-44(4)68)54(48-33-29-46(30-34-48)26-24-22-20-18-16-14-12-10-8-6-2)56(64-66-62)57(53)71-59(69)49-35-39-51(40-36-49)73-43(3)67/h27-42,57-58H,5-26H2,1-4H3. The third-order valence-electron chi connectivity index (χ3n) is 13.2. The van der Waals surface area contributed by atoms with Gasteiger partial charge in [0, 0.05) is 44.6 Å². The van der Waals surface area contributed by atoms with Crippen molar-refractivity contribution in [3.63, 3.8) is 0 Å². The summed E-state index contributed by atoms with van der Waals surface area (Å²) in [5.74, 6) is -1.55. The van der Waals surface area contributed by atoms with Gasteiger partial charge in [-0.25, -0.2) is 9.59 Å². The number of aryl methyl sites for hydroxylation is 2. The molecular weight excluding hydrogens is 965 g/mol. The molecule has 0 aromatic heterocycles. The van der Waals surface area contributed by atoms with E-state index in [1.807, 2.05) is 48.5 Å². The average Bonchev–Trinajstić information content (AvgIpc) is 3.39. The van der Waals surface area contributed by atoms with E-state index in [-0.39, 0.29) is 43.9 Å². The summed E-state index contributed by atoms with van der Waals surface area (Å²) < 4.78 is 12.8. The Balaban J connectivity index is 1.54. The summed E-state index contributed by atoms with van der Waals surface area (Å²) in [6, 6.07) is 28.1. The zero-order valence-corrected chi connectivity index (χ0v) is 45.5. The van der Waals surface area contributed by atoms with Crippen molar-refractivity contribution >= 4 is 56.8 Å². The lowest BCUT2D eigenvalue weighted by Gasteiger charge is -2.35. The van der Waals surface area contributed by atoms with Crippen LogP contribution in [-0.2, 0) is 31.9 Å². The maximum absolute atomic E-state index is 14.3. The number of esters is 2. The van der Waals surface area contributed by atoms with Gasteiger partial charge >= 0.3 is 11.9 Å². The Morgan fingerprint density at radius 1 is 0.446 bits per heavy atom. The van der Waals surface area contributed by atoms with Crippen LogP contribution in [0.1, 0.15) is 199 Å². The molecular formula is C60H74N6O6S2. The molecule has 2 atom stereocenters. The van der Waals surface area contributed by atoms with Gasteiger partial charge < -0.3 is 9.47 Å². The van der Waals surface area contributed by atoms with Gasteiger partial charge in [0.05, 0.1) is 22.5 Å². The molecule has 12 nitrogen and oxygen atoms in total. The maximum atomic E-state index is 14.3. The van der Waals surface area contributed by atoms with Crippen LogP contribution in [0.15, 0.2) is 128 Å². The van der Waals surface area contributed by atoms with E-state index in [9.17, 15) is 30.2 Å². The molecule has 0 heterocycles. The van der Waals surface area contributed by atoms with Crippen molar-refractivity contribution in [2.45, 2.75) is 191 Å². The summed E-state index contributed by atoms with van der Waals surface area (Å²) in [4.78, 5) is 60.2. The molecule has 4 aromatic carbocycles. The smallest absolute Gasteiger partial charge is 0.339 e. The fraction of sp³-hybridized carbons (Fsp3) is 0.467. The molecule has 1 aliphatic carbocycles. The van der Waals surface area contributed by atoms with Crippen molar-refractivity contribution in [2.75, 3.05) is 0 Å².